The molecule has 3 rings (SSSR count). The zero-order chi connectivity index (χ0) is 21.5. The van der Waals surface area contributed by atoms with E-state index in [0.717, 1.165) is 17.5 Å². The van der Waals surface area contributed by atoms with Gasteiger partial charge >= 0.3 is 0 Å². The van der Waals surface area contributed by atoms with Crippen molar-refractivity contribution in [3.05, 3.63) is 89.4 Å². The van der Waals surface area contributed by atoms with E-state index in [1.54, 1.807) is 6.07 Å². The molecule has 2 atom stereocenters. The van der Waals surface area contributed by atoms with Gasteiger partial charge in [0, 0.05) is 18.6 Å². The highest BCUT2D eigenvalue weighted by Crippen LogP contribution is 2.24. The van der Waals surface area contributed by atoms with Gasteiger partial charge in [0.25, 0.3) is 5.91 Å². The quantitative estimate of drug-likeness (QED) is 0.534. The minimum atomic E-state index is -0.264. The van der Waals surface area contributed by atoms with E-state index < -0.39 is 0 Å². The molecule has 1 N–H and O–H groups in total. The molecule has 30 heavy (non-hydrogen) atoms. The summed E-state index contributed by atoms with van der Waals surface area (Å²) in [5.41, 5.74) is 2.26. The summed E-state index contributed by atoms with van der Waals surface area (Å²) in [6.45, 7) is 6.96. The smallest absolute Gasteiger partial charge is 0.273 e. The van der Waals surface area contributed by atoms with E-state index in [1.165, 1.54) is 18.4 Å². The molecule has 2 unspecified atom stereocenters. The molecule has 6 heteroatoms. The topological polar surface area (TPSA) is 58.4 Å². The van der Waals surface area contributed by atoms with Gasteiger partial charge in [-0.15, -0.1) is 0 Å². The molecule has 1 heterocycles. The SMILES string of the molecule is CCC(C)NC(=O)c1coc(CN(Cc2cccc(F)c2)C(C)c2ccccc2)n1. The van der Waals surface area contributed by atoms with E-state index in [1.807, 2.05) is 38.1 Å². The van der Waals surface area contributed by atoms with Crippen molar-refractivity contribution in [2.45, 2.75) is 52.4 Å². The largest absolute Gasteiger partial charge is 0.447 e. The Hall–Kier alpha value is -2.99. The summed E-state index contributed by atoms with van der Waals surface area (Å²) >= 11 is 0. The lowest BCUT2D eigenvalue weighted by Gasteiger charge is -2.28. The molecule has 0 radical (unpaired) electrons. The van der Waals surface area contributed by atoms with Crippen molar-refractivity contribution in [3.8, 4) is 0 Å². The number of nitrogens with zero attached hydrogens (tertiary/aromatic N) is 2. The van der Waals surface area contributed by atoms with Crippen LogP contribution in [-0.4, -0.2) is 21.8 Å². The second-order valence-corrected chi connectivity index (χ2v) is 7.53. The van der Waals surface area contributed by atoms with Crippen molar-refractivity contribution in [1.82, 2.24) is 15.2 Å². The molecule has 3 aromatic rings. The summed E-state index contributed by atoms with van der Waals surface area (Å²) in [7, 11) is 0. The number of rotatable bonds is 9. The molecule has 1 aromatic heterocycles. The van der Waals surface area contributed by atoms with Crippen LogP contribution < -0.4 is 5.32 Å². The molecule has 0 aliphatic carbocycles. The van der Waals surface area contributed by atoms with E-state index in [4.69, 9.17) is 4.42 Å². The van der Waals surface area contributed by atoms with Gasteiger partial charge in [-0.1, -0.05) is 49.4 Å². The lowest BCUT2D eigenvalue weighted by atomic mass is 10.1. The van der Waals surface area contributed by atoms with E-state index in [-0.39, 0.29) is 29.5 Å². The van der Waals surface area contributed by atoms with E-state index in [0.29, 0.717) is 19.0 Å². The molecule has 0 spiro atoms. The Balaban J connectivity index is 1.79. The van der Waals surface area contributed by atoms with E-state index >= 15 is 0 Å². The molecule has 2 aromatic carbocycles. The molecule has 0 saturated heterocycles. The van der Waals surface area contributed by atoms with Crippen LogP contribution in [0.3, 0.4) is 0 Å². The van der Waals surface area contributed by atoms with Gasteiger partial charge in [0.2, 0.25) is 5.89 Å². The molecular weight excluding hydrogens is 381 g/mol. The van der Waals surface area contributed by atoms with Gasteiger partial charge in [0.1, 0.15) is 12.1 Å². The summed E-state index contributed by atoms with van der Waals surface area (Å²) in [4.78, 5) is 18.8. The van der Waals surface area contributed by atoms with Gasteiger partial charge in [-0.2, -0.15) is 0 Å². The lowest BCUT2D eigenvalue weighted by Crippen LogP contribution is -2.32. The standard InChI is InChI=1S/C24H28FN3O2/c1-4-17(2)26-24(29)22-16-30-23(27-22)15-28(14-19-9-8-12-21(25)13-19)18(3)20-10-6-5-7-11-20/h5-13,16-18H,4,14-15H2,1-3H3,(H,26,29). The number of aromatic nitrogens is 1. The van der Waals surface area contributed by atoms with Crippen LogP contribution in [0.1, 0.15) is 60.7 Å². The third-order valence-corrected chi connectivity index (χ3v) is 5.22. The van der Waals surface area contributed by atoms with Crippen molar-refractivity contribution in [2.24, 2.45) is 0 Å². The Bertz CT molecular complexity index is 958. The first kappa shape index (κ1) is 21.7. The second kappa shape index (κ2) is 10.2. The summed E-state index contributed by atoms with van der Waals surface area (Å²) in [5.74, 6) is -0.0597. The molecule has 1 amide bonds. The van der Waals surface area contributed by atoms with Gasteiger partial charge in [-0.3, -0.25) is 9.69 Å². The van der Waals surface area contributed by atoms with Gasteiger partial charge in [0.15, 0.2) is 5.69 Å². The predicted molar refractivity (Wildman–Crippen MR) is 114 cm³/mol. The molecule has 5 nitrogen and oxygen atoms in total. The molecule has 0 aliphatic rings. The van der Waals surface area contributed by atoms with Crippen molar-refractivity contribution < 1.29 is 13.6 Å². The third-order valence-electron chi connectivity index (χ3n) is 5.22. The zero-order valence-electron chi connectivity index (χ0n) is 17.6. The monoisotopic (exact) mass is 409 g/mol. The number of nitrogens with one attached hydrogen (secondary N) is 1. The molecule has 158 valence electrons. The third kappa shape index (κ3) is 5.76. The molecule has 0 bridgehead atoms. The van der Waals surface area contributed by atoms with Crippen molar-refractivity contribution in [2.75, 3.05) is 0 Å². The van der Waals surface area contributed by atoms with Gasteiger partial charge in [0.05, 0.1) is 6.54 Å². The number of carbonyl (C=O) groups excluding carboxylic acids is 1. The number of carbonyl (C=O) groups is 1. The fourth-order valence-electron chi connectivity index (χ4n) is 3.20. The molecular formula is C24H28FN3O2. The summed E-state index contributed by atoms with van der Waals surface area (Å²) in [6.07, 6.45) is 2.23. The van der Waals surface area contributed by atoms with Crippen LogP contribution in [0.25, 0.3) is 0 Å². The molecule has 0 fully saturated rings. The number of hydrogen-bond acceptors (Lipinski definition) is 4. The van der Waals surface area contributed by atoms with Crippen molar-refractivity contribution >= 4 is 5.91 Å². The van der Waals surface area contributed by atoms with Crippen molar-refractivity contribution in [1.29, 1.82) is 0 Å². The number of benzene rings is 2. The summed E-state index contributed by atoms with van der Waals surface area (Å²) < 4.78 is 19.3. The highest BCUT2D eigenvalue weighted by atomic mass is 19.1. The zero-order valence-corrected chi connectivity index (χ0v) is 17.6. The van der Waals surface area contributed by atoms with Crippen LogP contribution in [0.15, 0.2) is 65.3 Å². The average molecular weight is 410 g/mol. The van der Waals surface area contributed by atoms with Gasteiger partial charge < -0.3 is 9.73 Å². The molecule has 0 saturated carbocycles. The van der Waals surface area contributed by atoms with E-state index in [9.17, 15) is 9.18 Å². The fourth-order valence-corrected chi connectivity index (χ4v) is 3.20. The van der Waals surface area contributed by atoms with Crippen LogP contribution >= 0.6 is 0 Å². The minimum Gasteiger partial charge on any atom is -0.447 e. The Morgan fingerprint density at radius 2 is 1.90 bits per heavy atom. The normalized spacial score (nSPS) is 13.2. The Kier molecular flexibility index (Phi) is 7.36. The second-order valence-electron chi connectivity index (χ2n) is 7.53. The lowest BCUT2D eigenvalue weighted by molar-refractivity contribution is 0.0934. The number of halogens is 1. The van der Waals surface area contributed by atoms with Crippen LogP contribution in [0, 0.1) is 5.82 Å². The minimum absolute atomic E-state index is 0.0405. The highest BCUT2D eigenvalue weighted by molar-refractivity contribution is 5.92. The first-order valence-corrected chi connectivity index (χ1v) is 10.2. The van der Waals surface area contributed by atoms with Crippen LogP contribution in [0.2, 0.25) is 0 Å². The summed E-state index contributed by atoms with van der Waals surface area (Å²) in [6, 6.07) is 16.8. The molecule has 0 aliphatic heterocycles. The Morgan fingerprint density at radius 3 is 2.60 bits per heavy atom. The first-order chi connectivity index (χ1) is 14.5. The maximum absolute atomic E-state index is 13.7. The Labute approximate surface area is 176 Å². The fraction of sp³-hybridized carbons (Fsp3) is 0.333. The van der Waals surface area contributed by atoms with Crippen molar-refractivity contribution in [3.63, 3.8) is 0 Å². The van der Waals surface area contributed by atoms with Gasteiger partial charge in [-0.05, 0) is 43.5 Å². The van der Waals surface area contributed by atoms with Gasteiger partial charge in [-0.25, -0.2) is 9.37 Å². The predicted octanol–water partition coefficient (Wildman–Crippen LogP) is 5.11. The highest BCUT2D eigenvalue weighted by Gasteiger charge is 2.21. The van der Waals surface area contributed by atoms with Crippen LogP contribution in [-0.2, 0) is 13.1 Å². The number of hydrogen-bond donors (Lipinski definition) is 1. The maximum atomic E-state index is 13.7. The average Bonchev–Trinajstić information content (AvgIpc) is 3.22. The van der Waals surface area contributed by atoms with E-state index in [2.05, 4.69) is 34.3 Å². The number of oxazole rings is 1. The maximum Gasteiger partial charge on any atom is 0.273 e. The van der Waals surface area contributed by atoms with Crippen LogP contribution in [0.5, 0.6) is 0 Å². The first-order valence-electron chi connectivity index (χ1n) is 10.2. The number of amides is 1. The van der Waals surface area contributed by atoms with Crippen LogP contribution in [0.4, 0.5) is 4.39 Å². The summed E-state index contributed by atoms with van der Waals surface area (Å²) in [5, 5.41) is 2.89. The Morgan fingerprint density at radius 1 is 1.13 bits per heavy atom.